The van der Waals surface area contributed by atoms with Crippen LogP contribution in [0.2, 0.25) is 0 Å². The SMILES string of the molecule is CC(C)C1=CC([Si](c2ccccc2)(c2ccccc2)c2ccccc2)=CC1. The van der Waals surface area contributed by atoms with Crippen LogP contribution in [-0.2, 0) is 0 Å². The molecule has 0 aromatic heterocycles. The van der Waals surface area contributed by atoms with Gasteiger partial charge >= 0.3 is 0 Å². The highest BCUT2D eigenvalue weighted by atomic mass is 28.3. The van der Waals surface area contributed by atoms with Crippen LogP contribution in [0.3, 0.4) is 0 Å². The van der Waals surface area contributed by atoms with E-state index in [9.17, 15) is 0 Å². The van der Waals surface area contributed by atoms with Crippen molar-refractivity contribution in [3.05, 3.63) is 114 Å². The van der Waals surface area contributed by atoms with E-state index in [1.165, 1.54) is 20.8 Å². The van der Waals surface area contributed by atoms with Gasteiger partial charge in [0.25, 0.3) is 0 Å². The predicted molar refractivity (Wildman–Crippen MR) is 120 cm³/mol. The van der Waals surface area contributed by atoms with Crippen LogP contribution in [0.15, 0.2) is 114 Å². The standard InChI is InChI=1S/C26H26Si/c1-21(2)22-18-19-26(20-22)27(23-12-6-3-7-13-23,24-14-8-4-9-15-24)25-16-10-5-11-17-25/h3-17,19-21H,18H2,1-2H3. The van der Waals surface area contributed by atoms with Crippen molar-refractivity contribution in [1.29, 1.82) is 0 Å². The monoisotopic (exact) mass is 366 g/mol. The second kappa shape index (κ2) is 7.54. The van der Waals surface area contributed by atoms with Crippen molar-refractivity contribution in [3.8, 4) is 0 Å². The highest BCUT2D eigenvalue weighted by molar-refractivity contribution is 7.16. The van der Waals surface area contributed by atoms with Crippen molar-refractivity contribution < 1.29 is 0 Å². The fourth-order valence-electron chi connectivity index (χ4n) is 4.27. The van der Waals surface area contributed by atoms with Crippen LogP contribution in [0.5, 0.6) is 0 Å². The molecule has 4 rings (SSSR count). The van der Waals surface area contributed by atoms with E-state index >= 15 is 0 Å². The Kier molecular flexibility index (Phi) is 4.96. The molecule has 0 spiro atoms. The molecule has 3 aromatic rings. The highest BCUT2D eigenvalue weighted by Gasteiger charge is 2.43. The van der Waals surface area contributed by atoms with Crippen LogP contribution in [0.4, 0.5) is 0 Å². The van der Waals surface area contributed by atoms with Gasteiger partial charge in [0, 0.05) is 0 Å². The maximum Gasteiger partial charge on any atom is 0.179 e. The highest BCUT2D eigenvalue weighted by Crippen LogP contribution is 2.30. The summed E-state index contributed by atoms with van der Waals surface area (Å²) in [5.74, 6) is 0.591. The normalized spacial score (nSPS) is 14.2. The summed E-state index contributed by atoms with van der Waals surface area (Å²) >= 11 is 0. The minimum Gasteiger partial charge on any atom is -0.0801 e. The first-order chi connectivity index (χ1) is 13.2. The van der Waals surface area contributed by atoms with Crippen LogP contribution in [0.25, 0.3) is 0 Å². The molecule has 134 valence electrons. The summed E-state index contributed by atoms with van der Waals surface area (Å²) in [7, 11) is -2.29. The first-order valence-corrected chi connectivity index (χ1v) is 11.8. The molecule has 3 aromatic carbocycles. The van der Waals surface area contributed by atoms with Gasteiger partial charge in [0.1, 0.15) is 0 Å². The Morgan fingerprint density at radius 3 is 1.37 bits per heavy atom. The molecule has 0 saturated carbocycles. The zero-order valence-corrected chi connectivity index (χ0v) is 17.1. The van der Waals surface area contributed by atoms with Crippen LogP contribution < -0.4 is 15.6 Å². The molecule has 27 heavy (non-hydrogen) atoms. The van der Waals surface area contributed by atoms with E-state index < -0.39 is 8.07 Å². The first kappa shape index (κ1) is 17.8. The van der Waals surface area contributed by atoms with Gasteiger partial charge in [0.15, 0.2) is 8.07 Å². The zero-order valence-electron chi connectivity index (χ0n) is 16.1. The van der Waals surface area contributed by atoms with Crippen molar-refractivity contribution in [1.82, 2.24) is 0 Å². The molecule has 0 radical (unpaired) electrons. The van der Waals surface area contributed by atoms with E-state index in [2.05, 4.69) is 117 Å². The van der Waals surface area contributed by atoms with Crippen LogP contribution in [-0.4, -0.2) is 8.07 Å². The molecule has 1 aliphatic carbocycles. The zero-order chi connectivity index (χ0) is 18.7. The maximum atomic E-state index is 2.50. The average molecular weight is 367 g/mol. The Labute approximate surface area is 163 Å². The van der Waals surface area contributed by atoms with Gasteiger partial charge in [-0.05, 0) is 33.1 Å². The number of benzene rings is 3. The third-order valence-electron chi connectivity index (χ3n) is 5.69. The van der Waals surface area contributed by atoms with Crippen molar-refractivity contribution >= 4 is 23.6 Å². The third kappa shape index (κ3) is 3.13. The first-order valence-electron chi connectivity index (χ1n) is 9.80. The second-order valence-electron chi connectivity index (χ2n) is 7.59. The van der Waals surface area contributed by atoms with Gasteiger partial charge in [-0.15, -0.1) is 0 Å². The lowest BCUT2D eigenvalue weighted by atomic mass is 10.0. The molecule has 0 heterocycles. The van der Waals surface area contributed by atoms with E-state index in [4.69, 9.17) is 0 Å². The summed E-state index contributed by atoms with van der Waals surface area (Å²) in [5.41, 5.74) is 1.55. The van der Waals surface area contributed by atoms with Gasteiger partial charge in [0.05, 0.1) is 0 Å². The molecule has 0 amide bonds. The molecule has 0 fully saturated rings. The predicted octanol–water partition coefficient (Wildman–Crippen LogP) is 4.61. The Morgan fingerprint density at radius 1 is 0.630 bits per heavy atom. The van der Waals surface area contributed by atoms with E-state index in [0.29, 0.717) is 5.92 Å². The molecule has 0 saturated heterocycles. The lowest BCUT2D eigenvalue weighted by Crippen LogP contribution is -2.68. The fourth-order valence-corrected chi connectivity index (χ4v) is 9.16. The molecular weight excluding hydrogens is 340 g/mol. The summed E-state index contributed by atoms with van der Waals surface area (Å²) in [4.78, 5) is 0. The van der Waals surface area contributed by atoms with Gasteiger partial charge < -0.3 is 0 Å². The molecular formula is C26H26Si. The summed E-state index contributed by atoms with van der Waals surface area (Å²) < 4.78 is 0. The number of hydrogen-bond acceptors (Lipinski definition) is 0. The largest absolute Gasteiger partial charge is 0.179 e. The topological polar surface area (TPSA) is 0 Å². The number of rotatable bonds is 5. The third-order valence-corrected chi connectivity index (χ3v) is 10.5. The van der Waals surface area contributed by atoms with E-state index in [0.717, 1.165) is 6.42 Å². The van der Waals surface area contributed by atoms with Gasteiger partial charge in [-0.2, -0.15) is 0 Å². The summed E-state index contributed by atoms with van der Waals surface area (Å²) in [6.07, 6.45) is 6.08. The molecule has 0 unspecified atom stereocenters. The molecule has 0 bridgehead atoms. The Bertz CT molecular complexity index is 854. The lowest BCUT2D eigenvalue weighted by Gasteiger charge is -2.34. The van der Waals surface area contributed by atoms with Crippen LogP contribution >= 0.6 is 0 Å². The number of hydrogen-bond donors (Lipinski definition) is 0. The molecule has 1 heteroatoms. The molecule has 1 aliphatic rings. The quantitative estimate of drug-likeness (QED) is 0.457. The van der Waals surface area contributed by atoms with Crippen molar-refractivity contribution in [3.63, 3.8) is 0 Å². The van der Waals surface area contributed by atoms with Crippen molar-refractivity contribution in [2.75, 3.05) is 0 Å². The van der Waals surface area contributed by atoms with Gasteiger partial charge in [-0.3, -0.25) is 0 Å². The van der Waals surface area contributed by atoms with Crippen molar-refractivity contribution in [2.24, 2.45) is 5.92 Å². The Balaban J connectivity index is 2.05. The average Bonchev–Trinajstić information content (AvgIpc) is 3.22. The summed E-state index contributed by atoms with van der Waals surface area (Å²) in [6, 6.07) is 33.4. The Hall–Kier alpha value is -2.64. The van der Waals surface area contributed by atoms with E-state index in [-0.39, 0.29) is 0 Å². The molecule has 0 N–H and O–H groups in total. The second-order valence-corrected chi connectivity index (χ2v) is 11.4. The molecule has 0 aliphatic heterocycles. The fraction of sp³-hybridized carbons (Fsp3) is 0.154. The van der Waals surface area contributed by atoms with Crippen LogP contribution in [0.1, 0.15) is 20.3 Å². The van der Waals surface area contributed by atoms with E-state index in [1.807, 2.05) is 0 Å². The van der Waals surface area contributed by atoms with Gasteiger partial charge in [0.2, 0.25) is 0 Å². The lowest BCUT2D eigenvalue weighted by molar-refractivity contribution is 0.753. The molecule has 0 atom stereocenters. The minimum absolute atomic E-state index is 0.591. The van der Waals surface area contributed by atoms with E-state index in [1.54, 1.807) is 5.57 Å². The number of allylic oxidation sites excluding steroid dienone is 4. The Morgan fingerprint density at radius 2 is 1.04 bits per heavy atom. The molecule has 0 nitrogen and oxygen atoms in total. The summed E-state index contributed by atoms with van der Waals surface area (Å²) in [5, 5.41) is 5.88. The summed E-state index contributed by atoms with van der Waals surface area (Å²) in [6.45, 7) is 4.61. The minimum atomic E-state index is -2.29. The van der Waals surface area contributed by atoms with Gasteiger partial charge in [-0.25, -0.2) is 0 Å². The maximum absolute atomic E-state index is 2.50. The smallest absolute Gasteiger partial charge is 0.0801 e. The van der Waals surface area contributed by atoms with Crippen molar-refractivity contribution in [2.45, 2.75) is 20.3 Å². The van der Waals surface area contributed by atoms with Crippen LogP contribution in [0, 0.1) is 5.92 Å². The van der Waals surface area contributed by atoms with Gasteiger partial charge in [-0.1, -0.05) is 123 Å².